The molecule has 36 heavy (non-hydrogen) atoms. The summed E-state index contributed by atoms with van der Waals surface area (Å²) in [4.78, 5) is 22.8. The van der Waals surface area contributed by atoms with E-state index in [1.54, 1.807) is 53.3 Å². The predicted octanol–water partition coefficient (Wildman–Crippen LogP) is 4.98. The van der Waals surface area contributed by atoms with Gasteiger partial charge in [-0.3, -0.25) is 14.1 Å². The van der Waals surface area contributed by atoms with Crippen LogP contribution in [-0.2, 0) is 6.18 Å². The van der Waals surface area contributed by atoms with Gasteiger partial charge < -0.3 is 15.2 Å². The van der Waals surface area contributed by atoms with Crippen molar-refractivity contribution in [2.45, 2.75) is 26.1 Å². The average molecular weight is 497 g/mol. The van der Waals surface area contributed by atoms with Gasteiger partial charge in [-0.1, -0.05) is 0 Å². The minimum Gasteiger partial charge on any atom is -0.368 e. The van der Waals surface area contributed by atoms with Crippen molar-refractivity contribution < 1.29 is 13.2 Å². The highest BCUT2D eigenvalue weighted by Crippen LogP contribution is 2.39. The lowest BCUT2D eigenvalue weighted by Gasteiger charge is -2.39. The fourth-order valence-corrected chi connectivity index (χ4v) is 4.70. The van der Waals surface area contributed by atoms with Crippen molar-refractivity contribution in [1.29, 1.82) is 0 Å². The van der Waals surface area contributed by atoms with Crippen LogP contribution < -0.4 is 15.8 Å². The number of piperazine rings is 1. The Balaban J connectivity index is 1.46. The van der Waals surface area contributed by atoms with Crippen LogP contribution in [0.3, 0.4) is 0 Å². The molecule has 0 radical (unpaired) electrons. The predicted molar refractivity (Wildman–Crippen MR) is 135 cm³/mol. The molecule has 3 aromatic heterocycles. The van der Waals surface area contributed by atoms with Crippen LogP contribution in [0.5, 0.6) is 0 Å². The molecule has 10 heteroatoms. The zero-order valence-corrected chi connectivity index (χ0v) is 20.0. The summed E-state index contributed by atoms with van der Waals surface area (Å²) in [5.41, 5.74) is 2.17. The molecule has 0 atom stereocenters. The quantitative estimate of drug-likeness (QED) is 0.408. The smallest absolute Gasteiger partial charge is 0.368 e. The summed E-state index contributed by atoms with van der Waals surface area (Å²) in [6, 6.07) is 11.6. The van der Waals surface area contributed by atoms with Crippen LogP contribution in [0.4, 0.5) is 30.2 Å². The van der Waals surface area contributed by atoms with Gasteiger partial charge in [-0.25, -0.2) is 4.98 Å². The Morgan fingerprint density at radius 2 is 1.81 bits per heavy atom. The maximum atomic E-state index is 14.1. The summed E-state index contributed by atoms with van der Waals surface area (Å²) < 4.78 is 44.1. The Labute approximate surface area is 206 Å². The number of imidazole rings is 1. The summed E-state index contributed by atoms with van der Waals surface area (Å²) in [5, 5.41) is 3.11. The van der Waals surface area contributed by atoms with Gasteiger partial charge >= 0.3 is 6.18 Å². The minimum atomic E-state index is -4.49. The van der Waals surface area contributed by atoms with Crippen molar-refractivity contribution >= 4 is 22.7 Å². The van der Waals surface area contributed by atoms with E-state index in [1.165, 1.54) is 6.07 Å². The summed E-state index contributed by atoms with van der Waals surface area (Å²) in [7, 11) is 0. The number of aromatic nitrogens is 3. The second-order valence-corrected chi connectivity index (χ2v) is 9.17. The Morgan fingerprint density at radius 1 is 1.03 bits per heavy atom. The monoisotopic (exact) mass is 496 g/mol. The average Bonchev–Trinajstić information content (AvgIpc) is 3.34. The van der Waals surface area contributed by atoms with Crippen molar-refractivity contribution in [3.8, 4) is 11.3 Å². The molecule has 4 heterocycles. The largest absolute Gasteiger partial charge is 0.418 e. The summed E-state index contributed by atoms with van der Waals surface area (Å²) in [6.45, 7) is 6.75. The molecular formula is C26H27F3N6O. The fourth-order valence-electron chi connectivity index (χ4n) is 4.70. The molecule has 1 fully saturated rings. The highest BCUT2D eigenvalue weighted by atomic mass is 19.4. The van der Waals surface area contributed by atoms with Crippen LogP contribution in [0.1, 0.15) is 19.4 Å². The van der Waals surface area contributed by atoms with Crippen LogP contribution in [0, 0.1) is 0 Å². The van der Waals surface area contributed by atoms with E-state index in [9.17, 15) is 18.0 Å². The summed E-state index contributed by atoms with van der Waals surface area (Å²) in [5.74, 6) is 0. The van der Waals surface area contributed by atoms with E-state index >= 15 is 0 Å². The molecule has 1 saturated heterocycles. The molecule has 5 rings (SSSR count). The lowest BCUT2D eigenvalue weighted by atomic mass is 10.1. The molecule has 7 nitrogen and oxygen atoms in total. The molecular weight excluding hydrogens is 469 g/mol. The van der Waals surface area contributed by atoms with E-state index in [2.05, 4.69) is 34.0 Å². The number of benzene rings is 1. The molecule has 4 aromatic rings. The molecule has 0 unspecified atom stereocenters. The molecule has 1 aliphatic heterocycles. The first kappa shape index (κ1) is 23.9. The standard InChI is InChI=1S/C26H27F3N6O/c1-17(2)33-11-13-34(14-12-33)23-5-3-19(16-20(23)26(27,28)29)32-21-4-6-22(35-10-9-31-25(21)35)18-7-8-30-24(36)15-18/h3-10,15-17,32H,11-14H2,1-2H3,(H,30,36). The van der Waals surface area contributed by atoms with Gasteiger partial charge in [-0.2, -0.15) is 13.2 Å². The van der Waals surface area contributed by atoms with Gasteiger partial charge in [0.15, 0.2) is 5.65 Å². The third-order valence-electron chi connectivity index (χ3n) is 6.59. The lowest BCUT2D eigenvalue weighted by Crippen LogP contribution is -2.49. The number of fused-ring (bicyclic) bond motifs is 1. The minimum absolute atomic E-state index is 0.201. The molecule has 0 spiro atoms. The van der Waals surface area contributed by atoms with Crippen LogP contribution in [0.2, 0.25) is 0 Å². The van der Waals surface area contributed by atoms with Gasteiger partial charge in [-0.15, -0.1) is 0 Å². The van der Waals surface area contributed by atoms with Gasteiger partial charge in [0.1, 0.15) is 0 Å². The lowest BCUT2D eigenvalue weighted by molar-refractivity contribution is -0.137. The van der Waals surface area contributed by atoms with Crippen molar-refractivity contribution in [1.82, 2.24) is 19.3 Å². The number of nitrogens with one attached hydrogen (secondary N) is 2. The van der Waals surface area contributed by atoms with E-state index in [4.69, 9.17) is 0 Å². The zero-order valence-electron chi connectivity index (χ0n) is 20.0. The summed E-state index contributed by atoms with van der Waals surface area (Å²) >= 11 is 0. The van der Waals surface area contributed by atoms with Gasteiger partial charge in [0, 0.05) is 73.8 Å². The molecule has 0 amide bonds. The van der Waals surface area contributed by atoms with Crippen molar-refractivity contribution in [3.63, 3.8) is 0 Å². The van der Waals surface area contributed by atoms with Crippen LogP contribution in [-0.4, -0.2) is 51.5 Å². The van der Waals surface area contributed by atoms with Crippen LogP contribution >= 0.6 is 0 Å². The van der Waals surface area contributed by atoms with Crippen molar-refractivity contribution in [3.05, 3.63) is 77.0 Å². The number of hydrogen-bond donors (Lipinski definition) is 2. The summed E-state index contributed by atoms with van der Waals surface area (Å²) in [6.07, 6.45) is 0.431. The highest BCUT2D eigenvalue weighted by Gasteiger charge is 2.36. The molecule has 0 aliphatic carbocycles. The molecule has 0 bridgehead atoms. The molecule has 1 aromatic carbocycles. The number of H-pyrrole nitrogens is 1. The Hall–Kier alpha value is -3.79. The first-order valence-electron chi connectivity index (χ1n) is 11.8. The third kappa shape index (κ3) is 4.68. The normalized spacial score (nSPS) is 15.1. The Bertz CT molecular complexity index is 1430. The molecule has 188 valence electrons. The Morgan fingerprint density at radius 3 is 2.50 bits per heavy atom. The molecule has 1 aliphatic rings. The fraction of sp³-hybridized carbons (Fsp3) is 0.308. The van der Waals surface area contributed by atoms with Gasteiger partial charge in [-0.05, 0) is 50.2 Å². The van der Waals surface area contributed by atoms with E-state index in [1.807, 2.05) is 4.90 Å². The maximum absolute atomic E-state index is 14.1. The van der Waals surface area contributed by atoms with E-state index in [0.717, 1.165) is 24.8 Å². The van der Waals surface area contributed by atoms with Crippen LogP contribution in [0.25, 0.3) is 16.9 Å². The topological polar surface area (TPSA) is 68.7 Å². The number of rotatable bonds is 5. The zero-order chi connectivity index (χ0) is 25.4. The van der Waals surface area contributed by atoms with E-state index in [-0.39, 0.29) is 11.2 Å². The number of anilines is 3. The van der Waals surface area contributed by atoms with Crippen LogP contribution in [0.15, 0.2) is 65.8 Å². The second kappa shape index (κ2) is 9.34. The van der Waals surface area contributed by atoms with E-state index in [0.29, 0.717) is 41.7 Å². The number of nitrogens with zero attached hydrogens (tertiary/aromatic N) is 4. The molecule has 0 saturated carbocycles. The SMILES string of the molecule is CC(C)N1CCN(c2ccc(Nc3ccc(-c4cc[nH]c(=O)c4)n4ccnc34)cc2C(F)(F)F)CC1. The van der Waals surface area contributed by atoms with Gasteiger partial charge in [0.2, 0.25) is 5.56 Å². The van der Waals surface area contributed by atoms with Crippen molar-refractivity contribution in [2.75, 3.05) is 36.4 Å². The molecule has 2 N–H and O–H groups in total. The third-order valence-corrected chi connectivity index (χ3v) is 6.59. The van der Waals surface area contributed by atoms with Gasteiger partial charge in [0.05, 0.1) is 16.9 Å². The first-order chi connectivity index (χ1) is 17.2. The maximum Gasteiger partial charge on any atom is 0.418 e. The Kier molecular flexibility index (Phi) is 6.21. The number of halogens is 3. The second-order valence-electron chi connectivity index (χ2n) is 9.17. The highest BCUT2D eigenvalue weighted by molar-refractivity contribution is 5.79. The van der Waals surface area contributed by atoms with Crippen molar-refractivity contribution in [2.24, 2.45) is 0 Å². The van der Waals surface area contributed by atoms with Gasteiger partial charge in [0.25, 0.3) is 0 Å². The number of pyridine rings is 2. The number of aromatic amines is 1. The van der Waals surface area contributed by atoms with E-state index < -0.39 is 11.7 Å². The first-order valence-corrected chi connectivity index (χ1v) is 11.8. The number of hydrogen-bond acceptors (Lipinski definition) is 5. The number of alkyl halides is 3.